The molecule has 10 aromatic heterocycles. The quantitative estimate of drug-likeness (QED) is 0.0925. The summed E-state index contributed by atoms with van der Waals surface area (Å²) in [5.74, 6) is 6.40. The van der Waals surface area contributed by atoms with Gasteiger partial charge in [-0.3, -0.25) is 10.2 Å². The van der Waals surface area contributed by atoms with E-state index in [-0.39, 0.29) is 0 Å². The van der Waals surface area contributed by atoms with Crippen molar-refractivity contribution in [2.24, 2.45) is 0 Å². The zero-order valence-electron chi connectivity index (χ0n) is 39.6. The van der Waals surface area contributed by atoms with Gasteiger partial charge in [0.05, 0.1) is 24.3 Å². The average molecular weight is 983 g/mol. The van der Waals surface area contributed by atoms with E-state index in [1.807, 2.05) is 20.2 Å². The summed E-state index contributed by atoms with van der Waals surface area (Å²) in [4.78, 5) is 7.51. The fourth-order valence-corrected chi connectivity index (χ4v) is 3.20. The average Bonchev–Trinajstić information content (AvgIpc) is 4.27. The molecule has 0 aromatic carbocycles. The van der Waals surface area contributed by atoms with E-state index >= 15 is 0 Å². The molecule has 0 bridgehead atoms. The van der Waals surface area contributed by atoms with Crippen LogP contribution < -0.4 is 53.2 Å². The number of aromatic nitrogens is 22. The van der Waals surface area contributed by atoms with Gasteiger partial charge in [-0.15, -0.1) is 10.2 Å². The van der Waals surface area contributed by atoms with Gasteiger partial charge in [-0.25, -0.2) is 14.7 Å². The molecular weight excluding hydrogens is 925 g/mol. The first-order valence-corrected chi connectivity index (χ1v) is 19.6. The predicted molar refractivity (Wildman–Crippen MR) is 255 cm³/mol. The Hall–Kier alpha value is -10.4. The van der Waals surface area contributed by atoms with Crippen molar-refractivity contribution >= 4 is 58.3 Å². The highest BCUT2D eigenvalue weighted by molar-refractivity contribution is 5.36. The molecule has 0 saturated carbocycles. The minimum Gasteiger partial charge on any atom is -0.449 e. The molecule has 0 radical (unpaired) electrons. The summed E-state index contributed by atoms with van der Waals surface area (Å²) in [6, 6.07) is 3.61. The molecule has 0 unspecified atom stereocenters. The fraction of sp³-hybridized carbons (Fsp3) is 0.303. The largest absolute Gasteiger partial charge is 0.449 e. The molecule has 0 spiro atoms. The van der Waals surface area contributed by atoms with Crippen LogP contribution in [0.15, 0.2) is 104 Å². The lowest BCUT2D eigenvalue weighted by atomic mass is 10.6. The fourth-order valence-electron chi connectivity index (χ4n) is 3.20. The second kappa shape index (κ2) is 40.1. The number of nitrogens with one attached hydrogen (secondary N) is 15. The molecule has 0 fully saturated rings. The van der Waals surface area contributed by atoms with Gasteiger partial charge in [0.25, 0.3) is 5.95 Å². The van der Waals surface area contributed by atoms with Crippen LogP contribution in [0, 0.1) is 0 Å². The van der Waals surface area contributed by atoms with E-state index < -0.39 is 0 Å². The summed E-state index contributed by atoms with van der Waals surface area (Å²) >= 11 is 0. The first-order valence-electron chi connectivity index (χ1n) is 19.6. The Morgan fingerprint density at radius 3 is 1.49 bits per heavy atom. The third-order valence-electron chi connectivity index (χ3n) is 6.68. The van der Waals surface area contributed by atoms with Crippen molar-refractivity contribution in [1.82, 2.24) is 113 Å². The van der Waals surface area contributed by atoms with Gasteiger partial charge in [-0.1, -0.05) is 25.6 Å². The second-order valence-corrected chi connectivity index (χ2v) is 11.0. The minimum absolute atomic E-state index is 0.514. The van der Waals surface area contributed by atoms with E-state index in [2.05, 4.69) is 189 Å². The molecule has 70 heavy (non-hydrogen) atoms. The van der Waals surface area contributed by atoms with Crippen LogP contribution in [0.25, 0.3) is 0 Å². The Labute approximate surface area is 397 Å². The van der Waals surface area contributed by atoms with Crippen molar-refractivity contribution in [2.75, 3.05) is 124 Å². The third-order valence-corrected chi connectivity index (χ3v) is 6.68. The van der Waals surface area contributed by atoms with Crippen molar-refractivity contribution in [2.45, 2.75) is 0 Å². The second-order valence-electron chi connectivity index (χ2n) is 11.0. The van der Waals surface area contributed by atoms with Crippen LogP contribution in [0.1, 0.15) is 0 Å². The molecule has 15 N–H and O–H groups in total. The molecule has 10 rings (SSSR count). The minimum atomic E-state index is 0.514. The maximum atomic E-state index is 4.63. The van der Waals surface area contributed by atoms with Crippen molar-refractivity contribution in [3.8, 4) is 0 Å². The van der Waals surface area contributed by atoms with Crippen LogP contribution in [0.3, 0.4) is 0 Å². The topological polar surface area (TPSA) is 484 Å². The number of aromatic amines is 5. The monoisotopic (exact) mass is 983 g/mol. The SMILES string of the molecule is CNc1ccn[nH]1.CNc1ccon1.CNc1cn[nH]c1.CNc1cn[nH]n1.CNc1cnon1.CNc1cocn1.CNc1conn1.CNc1conn1.CNc1ncn[nH]1.CNc1nn[nH]n1. The van der Waals surface area contributed by atoms with Gasteiger partial charge >= 0.3 is 0 Å². The summed E-state index contributed by atoms with van der Waals surface area (Å²) in [6.45, 7) is 0. The van der Waals surface area contributed by atoms with Crippen LogP contribution >= 0.6 is 0 Å². The Morgan fingerprint density at radius 2 is 1.23 bits per heavy atom. The number of anilines is 10. The molecule has 0 aliphatic heterocycles. The zero-order valence-corrected chi connectivity index (χ0v) is 39.6. The van der Waals surface area contributed by atoms with Crippen LogP contribution in [0.5, 0.6) is 0 Å². The van der Waals surface area contributed by atoms with Gasteiger partial charge in [0.2, 0.25) is 5.95 Å². The molecule has 10 heterocycles. The molecule has 37 nitrogen and oxygen atoms in total. The molecule has 10 aromatic rings. The van der Waals surface area contributed by atoms with E-state index in [1.165, 1.54) is 37.7 Å². The van der Waals surface area contributed by atoms with Crippen LogP contribution in [-0.2, 0) is 0 Å². The summed E-state index contributed by atoms with van der Waals surface area (Å²) in [5, 5.41) is 93.1. The predicted octanol–water partition coefficient (Wildman–Crippen LogP) is 1.60. The van der Waals surface area contributed by atoms with Crippen molar-refractivity contribution in [1.29, 1.82) is 0 Å². The van der Waals surface area contributed by atoms with E-state index in [1.54, 1.807) is 93.5 Å². The highest BCUT2D eigenvalue weighted by Crippen LogP contribution is 1.99. The molecule has 0 aliphatic rings. The smallest absolute Gasteiger partial charge is 0.262 e. The maximum Gasteiger partial charge on any atom is 0.262 e. The highest BCUT2D eigenvalue weighted by atomic mass is 16.6. The first kappa shape index (κ1) is 57.6. The van der Waals surface area contributed by atoms with E-state index in [0.29, 0.717) is 29.4 Å². The summed E-state index contributed by atoms with van der Waals surface area (Å²) < 4.78 is 22.1. The Kier molecular flexibility index (Phi) is 33.0. The van der Waals surface area contributed by atoms with E-state index in [0.717, 1.165) is 29.0 Å². The highest BCUT2D eigenvalue weighted by Gasteiger charge is 1.90. The van der Waals surface area contributed by atoms with Crippen LogP contribution in [-0.4, -0.2) is 183 Å². The Morgan fingerprint density at radius 1 is 0.514 bits per heavy atom. The van der Waals surface area contributed by atoms with Crippen LogP contribution in [0.2, 0.25) is 0 Å². The normalized spacial score (nSPS) is 8.71. The summed E-state index contributed by atoms with van der Waals surface area (Å²) in [5.41, 5.74) is 1.01. The van der Waals surface area contributed by atoms with Gasteiger partial charge in [-0.05, 0) is 16.4 Å². The van der Waals surface area contributed by atoms with Gasteiger partial charge in [0.1, 0.15) is 30.9 Å². The van der Waals surface area contributed by atoms with Crippen molar-refractivity contribution in [3.05, 3.63) is 80.9 Å². The zero-order chi connectivity index (χ0) is 51.1. The van der Waals surface area contributed by atoms with E-state index in [9.17, 15) is 0 Å². The first-order chi connectivity index (χ1) is 34.3. The standard InChI is InChI=1S/2C4H7N3.2C4H6N2O.2C3H6N4.3C3H5N3O.C2H5N5/c1-5-4-2-6-7-3-4;1-5-4-2-3-6-7-4;1-5-4-2-7-3-6-4;1-5-4-2-3-7-6-4;1-4-3-5-2-6-7-3;1-4-3-2-5-7-6-3;2*1-4-3-2-7-6-5-3;1-4-3-2-5-7-6-3;1-3-2-4-6-7-5-2/h2-3,5H,1H3,(H,6,7);2-3H,1H3,(H2,5,6,7);2-3,5H,1H3;2-3H,1H3,(H,5,6);2*2H,1H3,(H2,4,5,6,7);2*2,4H,1H3;2H,1H3,(H,4,6);1H3,(H2,3,4,5,6,7). The lowest BCUT2D eigenvalue weighted by Crippen LogP contribution is -1.88. The van der Waals surface area contributed by atoms with Crippen molar-refractivity contribution < 1.29 is 22.6 Å². The molecule has 0 amide bonds. The van der Waals surface area contributed by atoms with Gasteiger partial charge in [0.15, 0.2) is 53.8 Å². The summed E-state index contributed by atoms with van der Waals surface area (Å²) in [7, 11) is 17.8. The van der Waals surface area contributed by atoms with Crippen molar-refractivity contribution in [3.63, 3.8) is 0 Å². The molecule has 37 heteroatoms. The number of H-pyrrole nitrogens is 5. The number of tetrazole rings is 1. The number of rotatable bonds is 10. The Balaban J connectivity index is 0.000000389. The third kappa shape index (κ3) is 29.1. The molecule has 0 saturated heterocycles. The number of oxazole rings is 1. The molecule has 0 atom stereocenters. The van der Waals surface area contributed by atoms with Crippen LogP contribution in [0.4, 0.5) is 58.3 Å². The number of hydrogen-bond acceptors (Lipinski definition) is 32. The maximum absolute atomic E-state index is 4.63. The number of nitrogens with zero attached hydrogens (tertiary/aromatic N) is 17. The number of hydrogen-bond donors (Lipinski definition) is 15. The molecule has 0 aliphatic carbocycles. The molecule has 380 valence electrons. The Bertz CT molecular complexity index is 1810. The summed E-state index contributed by atoms with van der Waals surface area (Å²) in [6.07, 6.45) is 17.1. The molecular formula is C33H58N32O5. The lowest BCUT2D eigenvalue weighted by molar-refractivity contribution is 0.308. The van der Waals surface area contributed by atoms with Gasteiger partial charge in [-0.2, -0.15) is 35.8 Å². The van der Waals surface area contributed by atoms with E-state index in [4.69, 9.17) is 0 Å². The van der Waals surface area contributed by atoms with Gasteiger partial charge < -0.3 is 71.2 Å². The lowest BCUT2D eigenvalue weighted by Gasteiger charge is -1.86. The van der Waals surface area contributed by atoms with Gasteiger partial charge in [0, 0.05) is 93.3 Å².